The van der Waals surface area contributed by atoms with Gasteiger partial charge in [-0.1, -0.05) is 30.3 Å². The van der Waals surface area contributed by atoms with Crippen molar-refractivity contribution >= 4 is 11.8 Å². The summed E-state index contributed by atoms with van der Waals surface area (Å²) < 4.78 is 5.93. The number of thioether (sulfide) groups is 1. The van der Waals surface area contributed by atoms with Crippen LogP contribution in [0.15, 0.2) is 53.4 Å². The smallest absolute Gasteiger partial charge is 0.119 e. The van der Waals surface area contributed by atoms with Gasteiger partial charge in [-0.15, -0.1) is 11.8 Å². The van der Waals surface area contributed by atoms with Gasteiger partial charge in [0.15, 0.2) is 0 Å². The molecule has 0 spiro atoms. The molecular weight excluding hydrogens is 266 g/mol. The first-order chi connectivity index (χ1) is 9.74. The van der Waals surface area contributed by atoms with Crippen LogP contribution in [0.2, 0.25) is 0 Å². The highest BCUT2D eigenvalue weighted by molar-refractivity contribution is 7.99. The molecule has 0 fully saturated rings. The first-order valence-corrected chi connectivity index (χ1v) is 7.92. The van der Waals surface area contributed by atoms with Gasteiger partial charge in [-0.05, 0) is 36.2 Å². The molecule has 1 heterocycles. The summed E-state index contributed by atoms with van der Waals surface area (Å²) in [6, 6.07) is 16.8. The topological polar surface area (TPSA) is 35.2 Å². The fourth-order valence-corrected chi connectivity index (χ4v) is 3.66. The largest absolute Gasteiger partial charge is 0.493 e. The number of fused-ring (bicyclic) bond motifs is 1. The van der Waals surface area contributed by atoms with Crippen LogP contribution < -0.4 is 10.5 Å². The molecule has 2 nitrogen and oxygen atoms in total. The molecule has 2 aromatic carbocycles. The molecular formula is C17H19NOS. The third-order valence-electron chi connectivity index (χ3n) is 3.66. The van der Waals surface area contributed by atoms with Crippen molar-refractivity contribution in [2.24, 2.45) is 5.73 Å². The van der Waals surface area contributed by atoms with Crippen molar-refractivity contribution < 1.29 is 4.74 Å². The maximum absolute atomic E-state index is 5.93. The van der Waals surface area contributed by atoms with Gasteiger partial charge >= 0.3 is 0 Å². The molecule has 0 bridgehead atoms. The Morgan fingerprint density at radius 3 is 2.70 bits per heavy atom. The predicted octanol–water partition coefficient (Wildman–Crippen LogP) is 3.97. The van der Waals surface area contributed by atoms with Crippen molar-refractivity contribution in [2.45, 2.75) is 23.8 Å². The van der Waals surface area contributed by atoms with Gasteiger partial charge in [0.25, 0.3) is 0 Å². The zero-order chi connectivity index (χ0) is 13.9. The molecule has 0 saturated heterocycles. The minimum Gasteiger partial charge on any atom is -0.493 e. The first-order valence-electron chi connectivity index (χ1n) is 6.94. The van der Waals surface area contributed by atoms with Gasteiger partial charge in [0.2, 0.25) is 0 Å². The maximum Gasteiger partial charge on any atom is 0.119 e. The van der Waals surface area contributed by atoms with E-state index in [2.05, 4.69) is 24.3 Å². The van der Waals surface area contributed by atoms with E-state index in [0.29, 0.717) is 5.92 Å². The van der Waals surface area contributed by atoms with Crippen LogP contribution in [0.5, 0.6) is 5.75 Å². The molecule has 0 aromatic heterocycles. The second-order valence-corrected chi connectivity index (χ2v) is 6.28. The van der Waals surface area contributed by atoms with E-state index in [4.69, 9.17) is 10.5 Å². The van der Waals surface area contributed by atoms with Crippen LogP contribution in [0.4, 0.5) is 0 Å². The second-order valence-electron chi connectivity index (χ2n) is 5.21. The van der Waals surface area contributed by atoms with E-state index in [1.54, 1.807) is 0 Å². The zero-order valence-electron chi connectivity index (χ0n) is 11.6. The van der Waals surface area contributed by atoms with Crippen molar-refractivity contribution in [1.82, 2.24) is 0 Å². The summed E-state index contributed by atoms with van der Waals surface area (Å²) in [5.74, 6) is 2.52. The Labute approximate surface area is 124 Å². The SMILES string of the molecule is C[C@H](N)c1ccc(OCC2CSc3ccccc32)cc1. The molecule has 20 heavy (non-hydrogen) atoms. The minimum atomic E-state index is 0.0714. The molecule has 2 atom stereocenters. The normalized spacial score (nSPS) is 18.6. The number of rotatable bonds is 4. The number of benzene rings is 2. The molecule has 2 N–H and O–H groups in total. The lowest BCUT2D eigenvalue weighted by Gasteiger charge is -2.13. The summed E-state index contributed by atoms with van der Waals surface area (Å²) in [4.78, 5) is 1.40. The number of hydrogen-bond donors (Lipinski definition) is 1. The molecule has 0 amide bonds. The Bertz CT molecular complexity index is 580. The Morgan fingerprint density at radius 2 is 1.95 bits per heavy atom. The first kappa shape index (κ1) is 13.5. The van der Waals surface area contributed by atoms with E-state index < -0.39 is 0 Å². The molecule has 104 valence electrons. The monoisotopic (exact) mass is 285 g/mol. The number of ether oxygens (including phenoxy) is 1. The van der Waals surface area contributed by atoms with Crippen molar-refractivity contribution in [3.8, 4) is 5.75 Å². The van der Waals surface area contributed by atoms with E-state index in [-0.39, 0.29) is 6.04 Å². The lowest BCUT2D eigenvalue weighted by molar-refractivity contribution is 0.298. The maximum atomic E-state index is 5.93. The van der Waals surface area contributed by atoms with Crippen LogP contribution in [0.1, 0.15) is 30.0 Å². The molecule has 1 aliphatic rings. The Balaban J connectivity index is 1.63. The zero-order valence-corrected chi connectivity index (χ0v) is 12.4. The van der Waals surface area contributed by atoms with E-state index in [0.717, 1.165) is 23.7 Å². The van der Waals surface area contributed by atoms with E-state index in [1.165, 1.54) is 10.5 Å². The van der Waals surface area contributed by atoms with Gasteiger partial charge in [-0.2, -0.15) is 0 Å². The van der Waals surface area contributed by atoms with Crippen LogP contribution in [-0.4, -0.2) is 12.4 Å². The highest BCUT2D eigenvalue weighted by atomic mass is 32.2. The van der Waals surface area contributed by atoms with E-state index in [9.17, 15) is 0 Å². The molecule has 0 radical (unpaired) electrons. The fraction of sp³-hybridized carbons (Fsp3) is 0.294. The lowest BCUT2D eigenvalue weighted by atomic mass is 10.0. The second kappa shape index (κ2) is 5.90. The van der Waals surface area contributed by atoms with E-state index >= 15 is 0 Å². The molecule has 3 rings (SSSR count). The van der Waals surface area contributed by atoms with Gasteiger partial charge in [0.05, 0.1) is 6.61 Å². The summed E-state index contributed by atoms with van der Waals surface area (Å²) in [5, 5.41) is 0. The van der Waals surface area contributed by atoms with Crippen LogP contribution in [0.25, 0.3) is 0 Å². The Morgan fingerprint density at radius 1 is 1.20 bits per heavy atom. The quantitative estimate of drug-likeness (QED) is 0.923. The van der Waals surface area contributed by atoms with Crippen molar-refractivity contribution in [1.29, 1.82) is 0 Å². The highest BCUT2D eigenvalue weighted by Gasteiger charge is 2.23. The third kappa shape index (κ3) is 2.84. The Hall–Kier alpha value is -1.45. The molecule has 3 heteroatoms. The van der Waals surface area contributed by atoms with E-state index in [1.807, 2.05) is 43.0 Å². The number of hydrogen-bond acceptors (Lipinski definition) is 3. The van der Waals surface area contributed by atoms with Gasteiger partial charge in [0, 0.05) is 22.6 Å². The summed E-state index contributed by atoms with van der Waals surface area (Å²) in [5.41, 5.74) is 8.41. The van der Waals surface area contributed by atoms with Gasteiger partial charge in [-0.25, -0.2) is 0 Å². The molecule has 0 aliphatic carbocycles. The van der Waals surface area contributed by atoms with Crippen LogP contribution in [0, 0.1) is 0 Å². The summed E-state index contributed by atoms with van der Waals surface area (Å²) in [7, 11) is 0. The summed E-state index contributed by atoms with van der Waals surface area (Å²) >= 11 is 1.92. The predicted molar refractivity (Wildman–Crippen MR) is 84.4 cm³/mol. The third-order valence-corrected chi connectivity index (χ3v) is 4.91. The van der Waals surface area contributed by atoms with Gasteiger partial charge < -0.3 is 10.5 Å². The molecule has 1 aliphatic heterocycles. The van der Waals surface area contributed by atoms with Gasteiger partial charge in [0.1, 0.15) is 5.75 Å². The van der Waals surface area contributed by atoms with Gasteiger partial charge in [-0.3, -0.25) is 0 Å². The fourth-order valence-electron chi connectivity index (χ4n) is 2.43. The average molecular weight is 285 g/mol. The number of nitrogens with two attached hydrogens (primary N) is 1. The standard InChI is InChI=1S/C17H19NOS/c1-12(18)13-6-8-15(9-7-13)19-10-14-11-20-17-5-3-2-4-16(14)17/h2-9,12,14H,10-11,18H2,1H3/t12-,14?/m0/s1. The summed E-state index contributed by atoms with van der Waals surface area (Å²) in [6.45, 7) is 2.73. The van der Waals surface area contributed by atoms with Crippen molar-refractivity contribution in [3.05, 3.63) is 59.7 Å². The van der Waals surface area contributed by atoms with Crippen molar-refractivity contribution in [3.63, 3.8) is 0 Å². The van der Waals surface area contributed by atoms with Crippen LogP contribution in [-0.2, 0) is 0 Å². The molecule has 0 saturated carbocycles. The van der Waals surface area contributed by atoms with Crippen LogP contribution >= 0.6 is 11.8 Å². The summed E-state index contributed by atoms with van der Waals surface area (Å²) in [6.07, 6.45) is 0. The Kier molecular flexibility index (Phi) is 3.99. The minimum absolute atomic E-state index is 0.0714. The highest BCUT2D eigenvalue weighted by Crippen LogP contribution is 2.39. The lowest BCUT2D eigenvalue weighted by Crippen LogP contribution is -2.10. The van der Waals surface area contributed by atoms with Crippen LogP contribution in [0.3, 0.4) is 0 Å². The average Bonchev–Trinajstić information content (AvgIpc) is 2.89. The molecule has 1 unspecified atom stereocenters. The van der Waals surface area contributed by atoms with Crippen molar-refractivity contribution in [2.75, 3.05) is 12.4 Å². The molecule has 2 aromatic rings.